The molecule has 1 aromatic rings. The number of rotatable bonds is 5. The molecule has 1 aliphatic heterocycles. The first-order chi connectivity index (χ1) is 8.20. The third-order valence-corrected chi connectivity index (χ3v) is 3.02. The fraction of sp³-hybridized carbons (Fsp3) is 0.538. The quantitative estimate of drug-likeness (QED) is 0.822. The van der Waals surface area contributed by atoms with Crippen LogP contribution in [0.2, 0.25) is 0 Å². The SMILES string of the molecule is Cc1cc2c(cc1NCC(C)CCN)OCO2. The molecule has 2 rings (SSSR count). The Morgan fingerprint density at radius 1 is 1.35 bits per heavy atom. The molecule has 0 spiro atoms. The van der Waals surface area contributed by atoms with Gasteiger partial charge in [0.25, 0.3) is 0 Å². The van der Waals surface area contributed by atoms with Crippen LogP contribution in [0.3, 0.4) is 0 Å². The number of fused-ring (bicyclic) bond motifs is 1. The number of hydrogen-bond acceptors (Lipinski definition) is 4. The van der Waals surface area contributed by atoms with Crippen molar-refractivity contribution in [2.75, 3.05) is 25.2 Å². The van der Waals surface area contributed by atoms with Crippen LogP contribution in [0.1, 0.15) is 18.9 Å². The second kappa shape index (κ2) is 5.27. The summed E-state index contributed by atoms with van der Waals surface area (Å²) in [7, 11) is 0. The van der Waals surface area contributed by atoms with Crippen LogP contribution in [0.5, 0.6) is 11.5 Å². The third-order valence-electron chi connectivity index (χ3n) is 3.02. The van der Waals surface area contributed by atoms with Gasteiger partial charge in [0.2, 0.25) is 6.79 Å². The highest BCUT2D eigenvalue weighted by atomic mass is 16.7. The summed E-state index contributed by atoms with van der Waals surface area (Å²) >= 11 is 0. The van der Waals surface area contributed by atoms with Crippen molar-refractivity contribution in [2.45, 2.75) is 20.3 Å². The van der Waals surface area contributed by atoms with Crippen LogP contribution >= 0.6 is 0 Å². The standard InChI is InChI=1S/C13H20N2O2/c1-9(3-4-14)7-15-11-6-13-12(5-10(11)2)16-8-17-13/h5-6,9,15H,3-4,7-8,14H2,1-2H3. The van der Waals surface area contributed by atoms with E-state index in [-0.39, 0.29) is 0 Å². The smallest absolute Gasteiger partial charge is 0.231 e. The summed E-state index contributed by atoms with van der Waals surface area (Å²) in [6.45, 7) is 6.25. The number of aryl methyl sites for hydroxylation is 1. The summed E-state index contributed by atoms with van der Waals surface area (Å²) in [4.78, 5) is 0. The van der Waals surface area contributed by atoms with E-state index in [9.17, 15) is 0 Å². The van der Waals surface area contributed by atoms with Crippen molar-refractivity contribution in [2.24, 2.45) is 11.7 Å². The molecule has 0 aromatic heterocycles. The Balaban J connectivity index is 2.01. The summed E-state index contributed by atoms with van der Waals surface area (Å²) in [6.07, 6.45) is 1.04. The van der Waals surface area contributed by atoms with Gasteiger partial charge in [-0.2, -0.15) is 0 Å². The topological polar surface area (TPSA) is 56.5 Å². The van der Waals surface area contributed by atoms with Crippen molar-refractivity contribution in [3.05, 3.63) is 17.7 Å². The van der Waals surface area contributed by atoms with Gasteiger partial charge in [-0.25, -0.2) is 0 Å². The van der Waals surface area contributed by atoms with Crippen LogP contribution in [0.15, 0.2) is 12.1 Å². The summed E-state index contributed by atoms with van der Waals surface area (Å²) in [5.41, 5.74) is 7.82. The minimum absolute atomic E-state index is 0.321. The van der Waals surface area contributed by atoms with Gasteiger partial charge >= 0.3 is 0 Å². The van der Waals surface area contributed by atoms with Crippen molar-refractivity contribution >= 4 is 5.69 Å². The lowest BCUT2D eigenvalue weighted by atomic mass is 10.1. The van der Waals surface area contributed by atoms with Crippen LogP contribution in [0.4, 0.5) is 5.69 Å². The molecule has 0 bridgehead atoms. The zero-order chi connectivity index (χ0) is 12.3. The molecule has 0 aliphatic carbocycles. The van der Waals surface area contributed by atoms with Gasteiger partial charge in [-0.3, -0.25) is 0 Å². The molecule has 1 heterocycles. The Labute approximate surface area is 102 Å². The maximum Gasteiger partial charge on any atom is 0.231 e. The number of nitrogens with one attached hydrogen (secondary N) is 1. The largest absolute Gasteiger partial charge is 0.454 e. The highest BCUT2D eigenvalue weighted by Gasteiger charge is 2.15. The van der Waals surface area contributed by atoms with Crippen LogP contribution in [-0.2, 0) is 0 Å². The van der Waals surface area contributed by atoms with Gasteiger partial charge in [0.05, 0.1) is 0 Å². The van der Waals surface area contributed by atoms with Gasteiger partial charge in [0.15, 0.2) is 11.5 Å². The number of hydrogen-bond donors (Lipinski definition) is 2. The van der Waals surface area contributed by atoms with E-state index in [0.717, 1.165) is 36.7 Å². The molecule has 0 fully saturated rings. The van der Waals surface area contributed by atoms with E-state index in [1.807, 2.05) is 12.1 Å². The molecule has 0 radical (unpaired) electrons. The number of ether oxygens (including phenoxy) is 2. The zero-order valence-electron chi connectivity index (χ0n) is 10.5. The van der Waals surface area contributed by atoms with Gasteiger partial charge in [0.1, 0.15) is 0 Å². The lowest BCUT2D eigenvalue weighted by Crippen LogP contribution is -2.15. The van der Waals surface area contributed by atoms with E-state index < -0.39 is 0 Å². The maximum atomic E-state index is 5.54. The van der Waals surface area contributed by atoms with Crippen LogP contribution < -0.4 is 20.5 Å². The molecule has 1 unspecified atom stereocenters. The zero-order valence-corrected chi connectivity index (χ0v) is 10.5. The summed E-state index contributed by atoms with van der Waals surface area (Å²) in [5, 5.41) is 3.44. The average molecular weight is 236 g/mol. The molecule has 1 atom stereocenters. The Bertz CT molecular complexity index is 393. The minimum atomic E-state index is 0.321. The molecule has 0 saturated heterocycles. The van der Waals surface area contributed by atoms with Crippen molar-refractivity contribution in [1.82, 2.24) is 0 Å². The molecule has 17 heavy (non-hydrogen) atoms. The summed E-state index contributed by atoms with van der Waals surface area (Å²) < 4.78 is 10.7. The van der Waals surface area contributed by atoms with Gasteiger partial charge in [-0.05, 0) is 37.4 Å². The van der Waals surface area contributed by atoms with E-state index in [2.05, 4.69) is 19.2 Å². The van der Waals surface area contributed by atoms with Crippen LogP contribution in [0.25, 0.3) is 0 Å². The van der Waals surface area contributed by atoms with E-state index in [0.29, 0.717) is 12.7 Å². The maximum absolute atomic E-state index is 5.54. The van der Waals surface area contributed by atoms with Gasteiger partial charge < -0.3 is 20.5 Å². The second-order valence-corrected chi connectivity index (χ2v) is 4.58. The summed E-state index contributed by atoms with van der Waals surface area (Å²) in [6, 6.07) is 4.02. The van der Waals surface area contributed by atoms with E-state index in [1.54, 1.807) is 0 Å². The Morgan fingerprint density at radius 2 is 2.06 bits per heavy atom. The normalized spacial score (nSPS) is 14.8. The van der Waals surface area contributed by atoms with Gasteiger partial charge in [-0.1, -0.05) is 6.92 Å². The van der Waals surface area contributed by atoms with Gasteiger partial charge in [-0.15, -0.1) is 0 Å². The second-order valence-electron chi connectivity index (χ2n) is 4.58. The van der Waals surface area contributed by atoms with Crippen molar-refractivity contribution < 1.29 is 9.47 Å². The minimum Gasteiger partial charge on any atom is -0.454 e. The van der Waals surface area contributed by atoms with Gasteiger partial charge in [0, 0.05) is 18.3 Å². The molecule has 94 valence electrons. The Kier molecular flexibility index (Phi) is 3.74. The monoisotopic (exact) mass is 236 g/mol. The third kappa shape index (κ3) is 2.82. The van der Waals surface area contributed by atoms with Crippen LogP contribution in [0, 0.1) is 12.8 Å². The van der Waals surface area contributed by atoms with E-state index in [4.69, 9.17) is 15.2 Å². The summed E-state index contributed by atoms with van der Waals surface area (Å²) in [5.74, 6) is 2.23. The fourth-order valence-electron chi connectivity index (χ4n) is 1.90. The lowest BCUT2D eigenvalue weighted by molar-refractivity contribution is 0.174. The van der Waals surface area contributed by atoms with Crippen LogP contribution in [-0.4, -0.2) is 19.9 Å². The van der Waals surface area contributed by atoms with E-state index >= 15 is 0 Å². The molecule has 0 amide bonds. The van der Waals surface area contributed by atoms with Crippen molar-refractivity contribution in [3.63, 3.8) is 0 Å². The Morgan fingerprint density at radius 3 is 2.76 bits per heavy atom. The predicted octanol–water partition coefficient (Wildman–Crippen LogP) is 2.12. The molecular formula is C13H20N2O2. The molecule has 0 saturated carbocycles. The average Bonchev–Trinajstić information content (AvgIpc) is 2.73. The molecule has 1 aliphatic rings. The highest BCUT2D eigenvalue weighted by Crippen LogP contribution is 2.36. The predicted molar refractivity (Wildman–Crippen MR) is 68.6 cm³/mol. The fourth-order valence-corrected chi connectivity index (χ4v) is 1.90. The number of nitrogens with two attached hydrogens (primary N) is 1. The van der Waals surface area contributed by atoms with Crippen molar-refractivity contribution in [1.29, 1.82) is 0 Å². The molecule has 4 heteroatoms. The first-order valence-corrected chi connectivity index (χ1v) is 6.05. The van der Waals surface area contributed by atoms with Crippen molar-refractivity contribution in [3.8, 4) is 11.5 Å². The molecule has 3 N–H and O–H groups in total. The van der Waals surface area contributed by atoms with E-state index in [1.165, 1.54) is 5.56 Å². The first-order valence-electron chi connectivity index (χ1n) is 6.05. The number of anilines is 1. The highest BCUT2D eigenvalue weighted by molar-refractivity contribution is 5.60. The molecular weight excluding hydrogens is 216 g/mol. The first kappa shape index (κ1) is 12.0. The lowest BCUT2D eigenvalue weighted by Gasteiger charge is -2.14. The molecule has 1 aromatic carbocycles. The molecule has 4 nitrogen and oxygen atoms in total. The number of benzene rings is 1. The Hall–Kier alpha value is -1.42.